The number of hydrogen-bond acceptors (Lipinski definition) is 10. The van der Waals surface area contributed by atoms with Gasteiger partial charge >= 0.3 is 6.09 Å². The maximum atomic E-state index is 12.8. The lowest BCUT2D eigenvalue weighted by atomic mass is 10.2. The Morgan fingerprint density at radius 3 is 2.77 bits per heavy atom. The monoisotopic (exact) mass is 637 g/mol. The van der Waals surface area contributed by atoms with Crippen LogP contribution in [0.15, 0.2) is 65.8 Å². The van der Waals surface area contributed by atoms with Crippen molar-refractivity contribution in [3.8, 4) is 11.8 Å². The van der Waals surface area contributed by atoms with E-state index in [1.54, 1.807) is 53.4 Å². The molecule has 2 aliphatic rings. The van der Waals surface area contributed by atoms with Crippen LogP contribution in [0.3, 0.4) is 0 Å². The van der Waals surface area contributed by atoms with Gasteiger partial charge in [-0.1, -0.05) is 47.7 Å². The number of carbonyl (C=O) groups is 1. The fourth-order valence-electron chi connectivity index (χ4n) is 4.82. The summed E-state index contributed by atoms with van der Waals surface area (Å²) < 4.78 is 37.4. The molecule has 0 spiro atoms. The van der Waals surface area contributed by atoms with Gasteiger partial charge in [-0.05, 0) is 35.9 Å². The van der Waals surface area contributed by atoms with Crippen LogP contribution < -0.4 is 10.6 Å². The topological polar surface area (TPSA) is 123 Å². The third-order valence-electron chi connectivity index (χ3n) is 7.07. The Kier molecular flexibility index (Phi) is 8.78. The number of hydrogen-bond donors (Lipinski definition) is 2. The van der Waals surface area contributed by atoms with E-state index in [-0.39, 0.29) is 28.9 Å². The second kappa shape index (κ2) is 12.9. The number of morpholine rings is 1. The van der Waals surface area contributed by atoms with Crippen molar-refractivity contribution in [2.75, 3.05) is 38.2 Å². The van der Waals surface area contributed by atoms with Gasteiger partial charge in [-0.15, -0.1) is 11.3 Å². The normalized spacial score (nSPS) is 18.7. The number of rotatable bonds is 6. The van der Waals surface area contributed by atoms with Gasteiger partial charge < -0.3 is 19.7 Å². The summed E-state index contributed by atoms with van der Waals surface area (Å²) in [6.07, 6.45) is 1.56. The molecule has 0 aliphatic carbocycles. The Balaban J connectivity index is 1.10. The van der Waals surface area contributed by atoms with Gasteiger partial charge in [0, 0.05) is 36.8 Å². The molecule has 1 amide bonds. The number of halogens is 1. The van der Waals surface area contributed by atoms with Crippen LogP contribution in [0.5, 0.6) is 0 Å². The highest BCUT2D eigenvalue weighted by Crippen LogP contribution is 2.32. The molecule has 0 radical (unpaired) electrons. The van der Waals surface area contributed by atoms with Crippen LogP contribution in [0.1, 0.15) is 16.9 Å². The van der Waals surface area contributed by atoms with E-state index in [1.807, 2.05) is 6.07 Å². The number of carbonyl (C=O) groups excluding carboxylic acids is 1. The van der Waals surface area contributed by atoms with Crippen molar-refractivity contribution in [2.45, 2.75) is 29.2 Å². The molecule has 10 nitrogen and oxygen atoms in total. The van der Waals surface area contributed by atoms with Gasteiger partial charge in [0.25, 0.3) is 0 Å². The lowest BCUT2D eigenvalue weighted by Crippen LogP contribution is -2.42. The van der Waals surface area contributed by atoms with Crippen LogP contribution in [-0.2, 0) is 25.1 Å². The Hall–Kier alpha value is -3.73. The molecule has 0 unspecified atom stereocenters. The zero-order valence-electron chi connectivity index (χ0n) is 23.0. The highest BCUT2D eigenvalue weighted by Gasteiger charge is 2.28. The second-order valence-corrected chi connectivity index (χ2v) is 13.6. The Morgan fingerprint density at radius 2 is 1.98 bits per heavy atom. The summed E-state index contributed by atoms with van der Waals surface area (Å²) >= 11 is 7.96. The lowest BCUT2D eigenvalue weighted by Gasteiger charge is -2.27. The van der Waals surface area contributed by atoms with E-state index in [2.05, 4.69) is 32.4 Å². The van der Waals surface area contributed by atoms with Gasteiger partial charge in [0.2, 0.25) is 0 Å². The maximum Gasteiger partial charge on any atom is 0.410 e. The Bertz CT molecular complexity index is 1800. The van der Waals surface area contributed by atoms with Crippen molar-refractivity contribution in [1.82, 2.24) is 20.2 Å². The molecular weight excluding hydrogens is 610 g/mol. The summed E-state index contributed by atoms with van der Waals surface area (Å²) in [7, 11) is -3.53. The van der Waals surface area contributed by atoms with Gasteiger partial charge in [0.05, 0.1) is 45.0 Å². The molecule has 4 heterocycles. The van der Waals surface area contributed by atoms with Crippen molar-refractivity contribution in [3.05, 3.63) is 76.4 Å². The number of amides is 1. The summed E-state index contributed by atoms with van der Waals surface area (Å²) in [6.45, 7) is 2.71. The summed E-state index contributed by atoms with van der Waals surface area (Å²) in [5, 5.41) is 6.93. The molecule has 0 saturated carbocycles. The highest BCUT2D eigenvalue weighted by molar-refractivity contribution is 7.90. The van der Waals surface area contributed by atoms with Crippen molar-refractivity contribution in [2.24, 2.45) is 0 Å². The molecule has 2 saturated heterocycles. The van der Waals surface area contributed by atoms with Crippen molar-refractivity contribution < 1.29 is 22.7 Å². The van der Waals surface area contributed by atoms with Crippen LogP contribution in [0, 0.1) is 11.8 Å². The predicted octanol–water partition coefficient (Wildman–Crippen LogP) is 4.61. The van der Waals surface area contributed by atoms with E-state index in [9.17, 15) is 13.2 Å². The SMILES string of the molecule is O=C(O[C@H]1CN[C@H](C#Cc2cc3ncnc(Nc4ccc(CS(=O)(=O)c5ccccc5)c(Cl)c4)c3s2)C1)N1CCOCC1. The average Bonchev–Trinajstić information content (AvgIpc) is 3.65. The van der Waals surface area contributed by atoms with Gasteiger partial charge in [-0.2, -0.15) is 0 Å². The maximum absolute atomic E-state index is 12.8. The summed E-state index contributed by atoms with van der Waals surface area (Å²) in [5.74, 6) is 6.86. The van der Waals surface area contributed by atoms with Crippen LogP contribution >= 0.6 is 22.9 Å². The largest absolute Gasteiger partial charge is 0.445 e. The number of anilines is 2. The fraction of sp³-hybridized carbons (Fsp3) is 0.300. The number of aromatic nitrogens is 2. The van der Waals surface area contributed by atoms with Crippen molar-refractivity contribution in [1.29, 1.82) is 0 Å². The fourth-order valence-corrected chi connectivity index (χ4v) is 7.47. The molecule has 6 rings (SSSR count). The van der Waals surface area contributed by atoms with Gasteiger partial charge in [-0.25, -0.2) is 23.2 Å². The summed E-state index contributed by atoms with van der Waals surface area (Å²) in [6, 6.07) is 15.3. The highest BCUT2D eigenvalue weighted by atomic mass is 35.5. The molecule has 4 aromatic rings. The molecule has 2 N–H and O–H groups in total. The van der Waals surface area contributed by atoms with E-state index in [0.717, 1.165) is 15.1 Å². The number of sulfone groups is 1. The Morgan fingerprint density at radius 1 is 1.16 bits per heavy atom. The van der Waals surface area contributed by atoms with E-state index in [1.165, 1.54) is 17.7 Å². The molecular formula is C30H28ClN5O5S2. The minimum Gasteiger partial charge on any atom is -0.445 e. The minimum absolute atomic E-state index is 0.0947. The number of nitrogens with zero attached hydrogens (tertiary/aromatic N) is 3. The number of ether oxygens (including phenoxy) is 2. The van der Waals surface area contributed by atoms with E-state index < -0.39 is 9.84 Å². The number of nitrogens with one attached hydrogen (secondary N) is 2. The van der Waals surface area contributed by atoms with Crippen LogP contribution in [-0.4, -0.2) is 74.4 Å². The van der Waals surface area contributed by atoms with Gasteiger partial charge in [0.1, 0.15) is 12.4 Å². The standard InChI is InChI=1S/C30H28ClN5O5S2/c31-26-15-22(7-6-20(26)18-43(38,39)25-4-2-1-3-5-25)35-29-28-27(33-19-34-29)16-24(42-28)9-8-21-14-23(17-32-21)41-30(37)36-10-12-40-13-11-36/h1-7,15-16,19,21,23,32H,10-14,17-18H2,(H,33,34,35)/t21-,23-/m1/s1. The molecule has 222 valence electrons. The van der Waals surface area contributed by atoms with E-state index in [4.69, 9.17) is 21.1 Å². The van der Waals surface area contributed by atoms with Crippen molar-refractivity contribution >= 4 is 60.6 Å². The average molecular weight is 638 g/mol. The molecule has 2 aromatic heterocycles. The third kappa shape index (κ3) is 7.09. The number of thiophene rings is 1. The first-order valence-electron chi connectivity index (χ1n) is 13.7. The van der Waals surface area contributed by atoms with Gasteiger partial charge in [0.15, 0.2) is 15.7 Å². The van der Waals surface area contributed by atoms with E-state index >= 15 is 0 Å². The zero-order valence-corrected chi connectivity index (χ0v) is 25.3. The first-order valence-corrected chi connectivity index (χ1v) is 16.5. The number of fused-ring (bicyclic) bond motifs is 1. The zero-order chi connectivity index (χ0) is 29.8. The van der Waals surface area contributed by atoms with Crippen LogP contribution in [0.25, 0.3) is 10.2 Å². The van der Waals surface area contributed by atoms with Crippen molar-refractivity contribution in [3.63, 3.8) is 0 Å². The summed E-state index contributed by atoms with van der Waals surface area (Å²) in [4.78, 5) is 23.9. The molecule has 43 heavy (non-hydrogen) atoms. The third-order valence-corrected chi connectivity index (χ3v) is 10.2. The smallest absolute Gasteiger partial charge is 0.410 e. The molecule has 0 bridgehead atoms. The first kappa shape index (κ1) is 29.3. The van der Waals surface area contributed by atoms with E-state index in [0.29, 0.717) is 61.4 Å². The lowest BCUT2D eigenvalue weighted by molar-refractivity contribution is 0.0156. The molecule has 2 atom stereocenters. The number of benzene rings is 2. The minimum atomic E-state index is -3.53. The molecule has 2 fully saturated rings. The molecule has 13 heteroatoms. The second-order valence-electron chi connectivity index (χ2n) is 10.1. The Labute approximate surface area is 258 Å². The molecule has 2 aromatic carbocycles. The summed E-state index contributed by atoms with van der Waals surface area (Å²) in [5.41, 5.74) is 1.93. The van der Waals surface area contributed by atoms with Crippen LogP contribution in [0.2, 0.25) is 5.02 Å². The first-order chi connectivity index (χ1) is 20.8. The molecule has 2 aliphatic heterocycles. The quantitative estimate of drug-likeness (QED) is 0.292. The van der Waals surface area contributed by atoms with Crippen LogP contribution in [0.4, 0.5) is 16.3 Å². The van der Waals surface area contributed by atoms with Gasteiger partial charge in [-0.3, -0.25) is 5.32 Å². The predicted molar refractivity (Wildman–Crippen MR) is 165 cm³/mol.